The van der Waals surface area contributed by atoms with Crippen LogP contribution >= 0.6 is 0 Å². The third-order valence-electron chi connectivity index (χ3n) is 4.03. The number of imidazole rings is 1. The van der Waals surface area contributed by atoms with Crippen molar-refractivity contribution in [1.82, 2.24) is 14.0 Å². The van der Waals surface area contributed by atoms with Crippen LogP contribution in [0.4, 0.5) is 0 Å². The third kappa shape index (κ3) is 2.17. The number of ether oxygens (including phenoxy) is 1. The Kier molecular flexibility index (Phi) is 3.12. The fourth-order valence-corrected chi connectivity index (χ4v) is 2.86. The molecule has 0 fully saturated rings. The summed E-state index contributed by atoms with van der Waals surface area (Å²) in [4.78, 5) is 16.9. The molecule has 0 radical (unpaired) electrons. The van der Waals surface area contributed by atoms with Gasteiger partial charge >= 0.3 is 0 Å². The van der Waals surface area contributed by atoms with Crippen molar-refractivity contribution in [3.8, 4) is 5.75 Å². The van der Waals surface area contributed by atoms with Crippen molar-refractivity contribution in [2.75, 3.05) is 7.11 Å². The summed E-state index contributed by atoms with van der Waals surface area (Å²) in [7, 11) is 1.64. The Morgan fingerprint density at radius 2 is 1.74 bits per heavy atom. The fourth-order valence-electron chi connectivity index (χ4n) is 2.86. The van der Waals surface area contributed by atoms with Crippen LogP contribution in [0.25, 0.3) is 16.6 Å². The minimum absolute atomic E-state index is 0.0444. The van der Waals surface area contributed by atoms with Crippen molar-refractivity contribution in [2.45, 2.75) is 6.54 Å². The first-order valence-corrected chi connectivity index (χ1v) is 7.34. The van der Waals surface area contributed by atoms with E-state index in [1.807, 2.05) is 52.9 Å². The molecule has 0 aliphatic carbocycles. The topological polar surface area (TPSA) is 48.5 Å². The molecule has 2 heterocycles. The van der Waals surface area contributed by atoms with Gasteiger partial charge in [0, 0.05) is 0 Å². The summed E-state index contributed by atoms with van der Waals surface area (Å²) < 4.78 is 8.80. The van der Waals surface area contributed by atoms with Gasteiger partial charge in [0.25, 0.3) is 5.56 Å². The lowest BCUT2D eigenvalue weighted by Crippen LogP contribution is -2.23. The van der Waals surface area contributed by atoms with Gasteiger partial charge in [0.15, 0.2) is 0 Å². The molecule has 5 nitrogen and oxygen atoms in total. The number of benzene rings is 2. The van der Waals surface area contributed by atoms with Crippen molar-refractivity contribution in [2.24, 2.45) is 0 Å². The van der Waals surface area contributed by atoms with Crippen molar-refractivity contribution in [3.05, 3.63) is 77.0 Å². The summed E-state index contributed by atoms with van der Waals surface area (Å²) in [5.74, 6) is 0.803. The summed E-state index contributed by atoms with van der Waals surface area (Å²) >= 11 is 0. The summed E-state index contributed by atoms with van der Waals surface area (Å²) in [5.41, 5.74) is 3.43. The first kappa shape index (κ1) is 13.6. The van der Waals surface area contributed by atoms with Gasteiger partial charge in [-0.05, 0) is 29.8 Å². The Morgan fingerprint density at radius 1 is 1.00 bits per heavy atom. The molecule has 0 bridgehead atoms. The summed E-state index contributed by atoms with van der Waals surface area (Å²) in [6.07, 6.45) is 3.29. The zero-order chi connectivity index (χ0) is 15.8. The molecule has 0 atom stereocenters. The summed E-state index contributed by atoms with van der Waals surface area (Å²) in [6, 6.07) is 15.6. The van der Waals surface area contributed by atoms with Crippen LogP contribution in [0.3, 0.4) is 0 Å². The highest BCUT2D eigenvalue weighted by atomic mass is 16.5. The van der Waals surface area contributed by atoms with E-state index in [4.69, 9.17) is 4.74 Å². The minimum Gasteiger partial charge on any atom is -0.497 e. The van der Waals surface area contributed by atoms with Crippen molar-refractivity contribution >= 4 is 16.6 Å². The quantitative estimate of drug-likeness (QED) is 0.585. The van der Waals surface area contributed by atoms with Crippen LogP contribution in [-0.2, 0) is 6.54 Å². The number of fused-ring (bicyclic) bond motifs is 3. The van der Waals surface area contributed by atoms with E-state index in [1.165, 1.54) is 0 Å². The lowest BCUT2D eigenvalue weighted by molar-refractivity contribution is 0.414. The molecule has 0 saturated carbocycles. The first-order valence-electron chi connectivity index (χ1n) is 7.34. The van der Waals surface area contributed by atoms with Crippen molar-refractivity contribution < 1.29 is 4.74 Å². The molecule has 23 heavy (non-hydrogen) atoms. The second-order valence-electron chi connectivity index (χ2n) is 5.38. The van der Waals surface area contributed by atoms with Gasteiger partial charge in [-0.3, -0.25) is 9.20 Å². The van der Waals surface area contributed by atoms with Gasteiger partial charge in [0.05, 0.1) is 37.2 Å². The SMILES string of the molecule is COc1ccc(Cn2c(=O)c3cncn3c3ccccc32)cc1. The lowest BCUT2D eigenvalue weighted by Gasteiger charge is -2.12. The normalized spacial score (nSPS) is 11.2. The second kappa shape index (κ2) is 5.28. The molecule has 2 aromatic carbocycles. The van der Waals surface area contributed by atoms with Gasteiger partial charge in [-0.15, -0.1) is 0 Å². The Bertz CT molecular complexity index is 1050. The molecule has 0 aliphatic rings. The molecule has 0 spiro atoms. The molecule has 0 unspecified atom stereocenters. The van der Waals surface area contributed by atoms with Crippen LogP contribution in [0.15, 0.2) is 65.8 Å². The predicted molar refractivity (Wildman–Crippen MR) is 89.1 cm³/mol. The Hall–Kier alpha value is -3.08. The molecular weight excluding hydrogens is 290 g/mol. The molecule has 2 aromatic heterocycles. The van der Waals surface area contributed by atoms with Crippen LogP contribution in [0.1, 0.15) is 5.56 Å². The molecule has 4 aromatic rings. The van der Waals surface area contributed by atoms with Crippen LogP contribution < -0.4 is 10.3 Å². The molecule has 4 rings (SSSR count). The highest BCUT2D eigenvalue weighted by Gasteiger charge is 2.11. The van der Waals surface area contributed by atoms with Gasteiger partial charge in [0.1, 0.15) is 11.3 Å². The molecule has 0 saturated heterocycles. The average molecular weight is 305 g/mol. The van der Waals surface area contributed by atoms with E-state index in [1.54, 1.807) is 24.2 Å². The highest BCUT2D eigenvalue weighted by molar-refractivity contribution is 5.78. The maximum atomic E-state index is 12.8. The molecule has 0 aliphatic heterocycles. The molecule has 5 heteroatoms. The number of para-hydroxylation sites is 2. The fraction of sp³-hybridized carbons (Fsp3) is 0.111. The zero-order valence-corrected chi connectivity index (χ0v) is 12.6. The molecule has 114 valence electrons. The maximum Gasteiger partial charge on any atom is 0.277 e. The third-order valence-corrected chi connectivity index (χ3v) is 4.03. The van der Waals surface area contributed by atoms with Gasteiger partial charge in [-0.2, -0.15) is 0 Å². The van der Waals surface area contributed by atoms with E-state index >= 15 is 0 Å². The monoisotopic (exact) mass is 305 g/mol. The summed E-state index contributed by atoms with van der Waals surface area (Å²) in [6.45, 7) is 0.505. The molecule has 0 N–H and O–H groups in total. The standard InChI is InChI=1S/C18H15N3O2/c1-23-14-8-6-13(7-9-14)11-20-15-4-2-3-5-16(15)21-12-19-10-17(21)18(20)22/h2-10,12H,11H2,1H3. The number of nitrogens with zero attached hydrogens (tertiary/aromatic N) is 3. The predicted octanol–water partition coefficient (Wildman–Crippen LogP) is 2.71. The first-order chi connectivity index (χ1) is 11.3. The van der Waals surface area contributed by atoms with Gasteiger partial charge in [-0.25, -0.2) is 4.98 Å². The Balaban J connectivity index is 1.93. The molecule has 0 amide bonds. The van der Waals surface area contributed by atoms with E-state index in [9.17, 15) is 4.79 Å². The van der Waals surface area contributed by atoms with Gasteiger partial charge in [0.2, 0.25) is 0 Å². The lowest BCUT2D eigenvalue weighted by atomic mass is 10.2. The summed E-state index contributed by atoms with van der Waals surface area (Å²) in [5, 5.41) is 0. The van der Waals surface area contributed by atoms with Gasteiger partial charge in [-0.1, -0.05) is 24.3 Å². The van der Waals surface area contributed by atoms with E-state index in [0.29, 0.717) is 12.1 Å². The Morgan fingerprint density at radius 3 is 2.48 bits per heavy atom. The zero-order valence-electron chi connectivity index (χ0n) is 12.6. The van der Waals surface area contributed by atoms with E-state index < -0.39 is 0 Å². The maximum absolute atomic E-state index is 12.8. The molecular formula is C18H15N3O2. The average Bonchev–Trinajstić information content (AvgIpc) is 3.09. The minimum atomic E-state index is -0.0444. The number of hydrogen-bond donors (Lipinski definition) is 0. The van der Waals surface area contributed by atoms with Crippen LogP contribution in [-0.4, -0.2) is 21.1 Å². The highest BCUT2D eigenvalue weighted by Crippen LogP contribution is 2.17. The second-order valence-corrected chi connectivity index (χ2v) is 5.38. The smallest absolute Gasteiger partial charge is 0.277 e. The number of hydrogen-bond acceptors (Lipinski definition) is 3. The van der Waals surface area contributed by atoms with Crippen molar-refractivity contribution in [1.29, 1.82) is 0 Å². The number of aromatic nitrogens is 3. The number of methoxy groups -OCH3 is 1. The van der Waals surface area contributed by atoms with E-state index in [0.717, 1.165) is 22.3 Å². The largest absolute Gasteiger partial charge is 0.497 e. The van der Waals surface area contributed by atoms with Crippen molar-refractivity contribution in [3.63, 3.8) is 0 Å². The van der Waals surface area contributed by atoms with Crippen LogP contribution in [0, 0.1) is 0 Å². The van der Waals surface area contributed by atoms with Gasteiger partial charge < -0.3 is 9.30 Å². The van der Waals surface area contributed by atoms with E-state index in [-0.39, 0.29) is 5.56 Å². The van der Waals surface area contributed by atoms with E-state index in [2.05, 4.69) is 4.98 Å². The van der Waals surface area contributed by atoms with Crippen LogP contribution in [0.2, 0.25) is 0 Å². The Labute approximate surface area is 132 Å². The number of rotatable bonds is 3. The van der Waals surface area contributed by atoms with Crippen LogP contribution in [0.5, 0.6) is 5.75 Å².